The van der Waals surface area contributed by atoms with Gasteiger partial charge in [-0.15, -0.1) is 0 Å². The van der Waals surface area contributed by atoms with Gasteiger partial charge >= 0.3 is 0 Å². The second kappa shape index (κ2) is 7.49. The fraction of sp³-hybridized carbons (Fsp3) is 0.688. The third-order valence-corrected chi connectivity index (χ3v) is 3.77. The lowest BCUT2D eigenvalue weighted by Gasteiger charge is -2.22. The predicted octanol–water partition coefficient (Wildman–Crippen LogP) is 4.10. The van der Waals surface area contributed by atoms with Gasteiger partial charge in [0.15, 0.2) is 6.29 Å². The van der Waals surface area contributed by atoms with Crippen molar-refractivity contribution in [3.8, 4) is 5.88 Å². The molecular weight excluding hydrogens is 238 g/mol. The number of aryl methyl sites for hydroxylation is 1. The fourth-order valence-corrected chi connectivity index (χ4v) is 2.60. The molecule has 3 nitrogen and oxygen atoms in total. The molecule has 1 fully saturated rings. The van der Waals surface area contributed by atoms with Crippen LogP contribution in [0.4, 0.5) is 0 Å². The number of hydrogen-bond donors (Lipinski definition) is 0. The van der Waals surface area contributed by atoms with Crippen molar-refractivity contribution in [2.24, 2.45) is 5.92 Å². The highest BCUT2D eigenvalue weighted by Gasteiger charge is 2.14. The molecule has 1 saturated carbocycles. The van der Waals surface area contributed by atoms with Crippen LogP contribution in [0.3, 0.4) is 0 Å². The molecule has 0 saturated heterocycles. The molecule has 0 N–H and O–H groups in total. The van der Waals surface area contributed by atoms with Crippen LogP contribution in [0.15, 0.2) is 18.3 Å². The Labute approximate surface area is 116 Å². The van der Waals surface area contributed by atoms with Crippen LogP contribution >= 0.6 is 0 Å². The summed E-state index contributed by atoms with van der Waals surface area (Å²) in [6.07, 6.45) is 9.69. The quantitative estimate of drug-likeness (QED) is 0.724. The molecule has 0 amide bonds. The van der Waals surface area contributed by atoms with Gasteiger partial charge < -0.3 is 9.47 Å². The second-order valence-electron chi connectivity index (χ2n) is 5.52. The molecule has 106 valence electrons. The summed E-state index contributed by atoms with van der Waals surface area (Å²) in [5.41, 5.74) is 1.14. The second-order valence-corrected chi connectivity index (χ2v) is 5.52. The minimum atomic E-state index is -0.223. The van der Waals surface area contributed by atoms with Crippen molar-refractivity contribution in [1.82, 2.24) is 4.98 Å². The molecule has 1 atom stereocenters. The summed E-state index contributed by atoms with van der Waals surface area (Å²) in [6.45, 7) is 4.74. The molecule has 1 heterocycles. The molecule has 19 heavy (non-hydrogen) atoms. The first-order valence-corrected chi connectivity index (χ1v) is 7.45. The van der Waals surface area contributed by atoms with Gasteiger partial charge in [-0.05, 0) is 31.7 Å². The van der Waals surface area contributed by atoms with E-state index >= 15 is 0 Å². The van der Waals surface area contributed by atoms with Gasteiger partial charge in [0.2, 0.25) is 5.88 Å². The van der Waals surface area contributed by atoms with E-state index < -0.39 is 0 Å². The van der Waals surface area contributed by atoms with Gasteiger partial charge in [0, 0.05) is 12.3 Å². The Bertz CT molecular complexity index is 358. The summed E-state index contributed by atoms with van der Waals surface area (Å²) in [6, 6.07) is 3.88. The van der Waals surface area contributed by atoms with Crippen molar-refractivity contribution in [3.05, 3.63) is 23.9 Å². The van der Waals surface area contributed by atoms with Crippen LogP contribution in [0.25, 0.3) is 0 Å². The van der Waals surface area contributed by atoms with E-state index in [9.17, 15) is 0 Å². The smallest absolute Gasteiger partial charge is 0.215 e. The number of hydrogen-bond acceptors (Lipinski definition) is 3. The Morgan fingerprint density at radius 3 is 2.74 bits per heavy atom. The topological polar surface area (TPSA) is 31.4 Å². The lowest BCUT2D eigenvalue weighted by atomic mass is 9.87. The molecule has 0 bridgehead atoms. The summed E-state index contributed by atoms with van der Waals surface area (Å²) in [5.74, 6) is 1.49. The molecule has 0 spiro atoms. The average molecular weight is 263 g/mol. The number of rotatable bonds is 6. The highest BCUT2D eigenvalue weighted by Crippen LogP contribution is 2.26. The first-order chi connectivity index (χ1) is 9.24. The Hall–Kier alpha value is -1.09. The summed E-state index contributed by atoms with van der Waals surface area (Å²) >= 11 is 0. The highest BCUT2D eigenvalue weighted by molar-refractivity contribution is 5.16. The van der Waals surface area contributed by atoms with E-state index in [1.807, 2.05) is 32.2 Å². The van der Waals surface area contributed by atoms with Gasteiger partial charge in [-0.3, -0.25) is 0 Å². The molecule has 2 rings (SSSR count). The molecule has 1 unspecified atom stereocenters. The highest BCUT2D eigenvalue weighted by atomic mass is 16.7. The van der Waals surface area contributed by atoms with E-state index in [-0.39, 0.29) is 6.29 Å². The summed E-state index contributed by atoms with van der Waals surface area (Å²) in [5, 5.41) is 0. The minimum Gasteiger partial charge on any atom is -0.448 e. The number of pyridine rings is 1. The maximum Gasteiger partial charge on any atom is 0.215 e. The Kier molecular flexibility index (Phi) is 5.64. The van der Waals surface area contributed by atoms with Crippen molar-refractivity contribution < 1.29 is 9.47 Å². The Balaban J connectivity index is 1.63. The molecule has 0 aromatic carbocycles. The van der Waals surface area contributed by atoms with Crippen LogP contribution in [0, 0.1) is 12.8 Å². The van der Waals surface area contributed by atoms with Crippen LogP contribution < -0.4 is 4.74 Å². The predicted molar refractivity (Wildman–Crippen MR) is 76.2 cm³/mol. The van der Waals surface area contributed by atoms with Crippen molar-refractivity contribution in [2.75, 3.05) is 6.61 Å². The van der Waals surface area contributed by atoms with E-state index in [1.165, 1.54) is 32.1 Å². The molecule has 1 aromatic heterocycles. The third-order valence-electron chi connectivity index (χ3n) is 3.77. The first kappa shape index (κ1) is 14.3. The van der Waals surface area contributed by atoms with Crippen LogP contribution in [0.5, 0.6) is 5.88 Å². The SMILES string of the molecule is Cc1ccc(OC(C)OCCC2CCCCC2)nc1. The zero-order valence-electron chi connectivity index (χ0n) is 12.1. The standard InChI is InChI=1S/C16H25NO2/c1-13-8-9-16(17-12-13)19-14(2)18-11-10-15-6-4-3-5-7-15/h8-9,12,14-15H,3-7,10-11H2,1-2H3. The Morgan fingerprint density at radius 2 is 2.05 bits per heavy atom. The van der Waals surface area contributed by atoms with E-state index in [0.29, 0.717) is 5.88 Å². The van der Waals surface area contributed by atoms with E-state index in [0.717, 1.165) is 24.5 Å². The minimum absolute atomic E-state index is 0.223. The van der Waals surface area contributed by atoms with Crippen LogP contribution in [0.1, 0.15) is 51.0 Å². The van der Waals surface area contributed by atoms with Gasteiger partial charge in [0.1, 0.15) is 0 Å². The summed E-state index contributed by atoms with van der Waals surface area (Å²) in [4.78, 5) is 4.21. The van der Waals surface area contributed by atoms with Gasteiger partial charge in [-0.25, -0.2) is 4.98 Å². The lowest BCUT2D eigenvalue weighted by Crippen LogP contribution is -2.19. The Morgan fingerprint density at radius 1 is 1.26 bits per heavy atom. The summed E-state index contributed by atoms with van der Waals surface area (Å²) < 4.78 is 11.3. The zero-order valence-corrected chi connectivity index (χ0v) is 12.1. The third kappa shape index (κ3) is 5.19. The average Bonchev–Trinajstić information content (AvgIpc) is 2.43. The van der Waals surface area contributed by atoms with Crippen LogP contribution in [0.2, 0.25) is 0 Å². The maximum atomic E-state index is 5.72. The van der Waals surface area contributed by atoms with Gasteiger partial charge in [-0.1, -0.05) is 38.2 Å². The van der Waals surface area contributed by atoms with Gasteiger partial charge in [-0.2, -0.15) is 0 Å². The largest absolute Gasteiger partial charge is 0.448 e. The summed E-state index contributed by atoms with van der Waals surface area (Å²) in [7, 11) is 0. The van der Waals surface area contributed by atoms with E-state index in [1.54, 1.807) is 0 Å². The van der Waals surface area contributed by atoms with Gasteiger partial charge in [0.25, 0.3) is 0 Å². The molecule has 1 aliphatic carbocycles. The van der Waals surface area contributed by atoms with Crippen LogP contribution in [-0.2, 0) is 4.74 Å². The van der Waals surface area contributed by atoms with Crippen molar-refractivity contribution in [3.63, 3.8) is 0 Å². The molecule has 3 heteroatoms. The lowest BCUT2D eigenvalue weighted by molar-refractivity contribution is -0.0732. The van der Waals surface area contributed by atoms with E-state index in [2.05, 4.69) is 4.98 Å². The molecule has 0 aliphatic heterocycles. The molecular formula is C16H25NO2. The van der Waals surface area contributed by atoms with Crippen molar-refractivity contribution in [1.29, 1.82) is 0 Å². The number of nitrogens with zero attached hydrogens (tertiary/aromatic N) is 1. The molecule has 0 radical (unpaired) electrons. The molecule has 1 aliphatic rings. The monoisotopic (exact) mass is 263 g/mol. The molecule has 1 aromatic rings. The van der Waals surface area contributed by atoms with E-state index in [4.69, 9.17) is 9.47 Å². The van der Waals surface area contributed by atoms with Gasteiger partial charge in [0.05, 0.1) is 6.61 Å². The van der Waals surface area contributed by atoms with Crippen LogP contribution in [-0.4, -0.2) is 17.9 Å². The fourth-order valence-electron chi connectivity index (χ4n) is 2.60. The first-order valence-electron chi connectivity index (χ1n) is 7.45. The van der Waals surface area contributed by atoms with Crippen molar-refractivity contribution >= 4 is 0 Å². The maximum absolute atomic E-state index is 5.72. The number of aromatic nitrogens is 1. The number of ether oxygens (including phenoxy) is 2. The zero-order chi connectivity index (χ0) is 13.5. The van der Waals surface area contributed by atoms with Crippen molar-refractivity contribution in [2.45, 2.75) is 58.7 Å². The normalized spacial score (nSPS) is 18.2.